The van der Waals surface area contributed by atoms with Crippen LogP contribution in [0.15, 0.2) is 54.6 Å². The average Bonchev–Trinajstić information content (AvgIpc) is 3.34. The summed E-state index contributed by atoms with van der Waals surface area (Å²) < 4.78 is 1.73. The first kappa shape index (κ1) is 17.9. The van der Waals surface area contributed by atoms with E-state index in [1.807, 2.05) is 30.3 Å². The first-order valence-corrected chi connectivity index (χ1v) is 9.40. The Morgan fingerprint density at radius 2 is 1.75 bits per heavy atom. The van der Waals surface area contributed by atoms with Crippen molar-refractivity contribution >= 4 is 39.2 Å². The van der Waals surface area contributed by atoms with Gasteiger partial charge < -0.3 is 0 Å². The van der Waals surface area contributed by atoms with E-state index in [1.54, 1.807) is 28.9 Å². The predicted molar refractivity (Wildman–Crippen MR) is 105 cm³/mol. The molecular formula is C19H16N6O2S. The molecule has 9 heteroatoms. The molecule has 2 aromatic heterocycles. The number of aromatic nitrogens is 5. The Morgan fingerprint density at radius 1 is 1.00 bits per heavy atom. The van der Waals surface area contributed by atoms with Gasteiger partial charge in [0.05, 0.1) is 18.6 Å². The van der Waals surface area contributed by atoms with Crippen LogP contribution in [-0.2, 0) is 11.3 Å². The Morgan fingerprint density at radius 3 is 2.54 bits per heavy atom. The SMILES string of the molecule is CC(=O)CN(C(=O)c1ccccc1)c1nnc(Cn2nnc3ccccc32)s1. The van der Waals surface area contributed by atoms with Gasteiger partial charge in [-0.05, 0) is 31.2 Å². The molecule has 0 bridgehead atoms. The number of para-hydroxylation sites is 1. The third kappa shape index (κ3) is 3.65. The van der Waals surface area contributed by atoms with Crippen molar-refractivity contribution in [1.82, 2.24) is 25.2 Å². The Labute approximate surface area is 164 Å². The summed E-state index contributed by atoms with van der Waals surface area (Å²) in [5.41, 5.74) is 2.17. The van der Waals surface area contributed by atoms with E-state index in [4.69, 9.17) is 0 Å². The van der Waals surface area contributed by atoms with Gasteiger partial charge in [-0.2, -0.15) is 0 Å². The van der Waals surface area contributed by atoms with Crippen LogP contribution >= 0.6 is 11.3 Å². The first-order chi connectivity index (χ1) is 13.6. The van der Waals surface area contributed by atoms with Crippen LogP contribution in [0.25, 0.3) is 11.0 Å². The third-order valence-electron chi connectivity index (χ3n) is 4.04. The number of hydrogen-bond donors (Lipinski definition) is 0. The van der Waals surface area contributed by atoms with E-state index in [-0.39, 0.29) is 18.2 Å². The number of nitrogens with zero attached hydrogens (tertiary/aromatic N) is 6. The summed E-state index contributed by atoms with van der Waals surface area (Å²) in [6, 6.07) is 16.4. The quantitative estimate of drug-likeness (QED) is 0.501. The molecule has 2 heterocycles. The number of carbonyl (C=O) groups is 2. The summed E-state index contributed by atoms with van der Waals surface area (Å²) in [6.07, 6.45) is 0. The minimum atomic E-state index is -0.287. The smallest absolute Gasteiger partial charge is 0.260 e. The number of fused-ring (bicyclic) bond motifs is 1. The molecule has 4 rings (SSSR count). The number of benzene rings is 2. The molecule has 28 heavy (non-hydrogen) atoms. The summed E-state index contributed by atoms with van der Waals surface area (Å²) >= 11 is 1.25. The minimum Gasteiger partial charge on any atom is -0.298 e. The van der Waals surface area contributed by atoms with Gasteiger partial charge in [-0.25, -0.2) is 4.68 Å². The monoisotopic (exact) mass is 392 g/mol. The van der Waals surface area contributed by atoms with Gasteiger partial charge in [-0.3, -0.25) is 14.5 Å². The molecular weight excluding hydrogens is 376 g/mol. The summed E-state index contributed by atoms with van der Waals surface area (Å²) in [4.78, 5) is 25.9. The van der Waals surface area contributed by atoms with Crippen LogP contribution in [0, 0.1) is 0 Å². The second kappa shape index (κ2) is 7.65. The lowest BCUT2D eigenvalue weighted by Crippen LogP contribution is -2.35. The maximum Gasteiger partial charge on any atom is 0.260 e. The molecule has 4 aromatic rings. The molecule has 0 aliphatic carbocycles. The van der Waals surface area contributed by atoms with E-state index in [2.05, 4.69) is 20.5 Å². The lowest BCUT2D eigenvalue weighted by atomic mass is 10.2. The maximum absolute atomic E-state index is 12.9. The predicted octanol–water partition coefficient (Wildman–Crippen LogP) is 2.57. The molecule has 0 aliphatic rings. The standard InChI is InChI=1S/C19H16N6O2S/c1-13(26)11-24(18(27)14-7-3-2-4-8-14)19-22-21-17(28-19)12-25-16-10-6-5-9-15(16)20-23-25/h2-10H,11-12H2,1H3. The highest BCUT2D eigenvalue weighted by atomic mass is 32.1. The van der Waals surface area contributed by atoms with Crippen LogP contribution in [0.5, 0.6) is 0 Å². The minimum absolute atomic E-state index is 0.0609. The van der Waals surface area contributed by atoms with Crippen molar-refractivity contribution in [2.45, 2.75) is 13.5 Å². The zero-order valence-electron chi connectivity index (χ0n) is 15.0. The van der Waals surface area contributed by atoms with Crippen LogP contribution < -0.4 is 4.90 Å². The normalized spacial score (nSPS) is 10.9. The number of carbonyl (C=O) groups excluding carboxylic acids is 2. The molecule has 0 fully saturated rings. The fraction of sp³-hybridized carbons (Fsp3) is 0.158. The highest BCUT2D eigenvalue weighted by Crippen LogP contribution is 2.23. The number of anilines is 1. The van der Waals surface area contributed by atoms with E-state index in [1.165, 1.54) is 23.2 Å². The average molecular weight is 392 g/mol. The fourth-order valence-electron chi connectivity index (χ4n) is 2.77. The lowest BCUT2D eigenvalue weighted by molar-refractivity contribution is -0.115. The Bertz CT molecular complexity index is 1140. The van der Waals surface area contributed by atoms with Crippen LogP contribution in [0.1, 0.15) is 22.3 Å². The second-order valence-electron chi connectivity index (χ2n) is 6.17. The van der Waals surface area contributed by atoms with Crippen molar-refractivity contribution in [3.63, 3.8) is 0 Å². The van der Waals surface area contributed by atoms with Crippen LogP contribution in [0.3, 0.4) is 0 Å². The number of rotatable bonds is 6. The number of Topliss-reactive ketones (excluding diaryl/α,β-unsaturated/α-hetero) is 1. The first-order valence-electron chi connectivity index (χ1n) is 8.59. The fourth-order valence-corrected chi connectivity index (χ4v) is 3.58. The van der Waals surface area contributed by atoms with Gasteiger partial charge >= 0.3 is 0 Å². The van der Waals surface area contributed by atoms with Crippen LogP contribution in [0.4, 0.5) is 5.13 Å². The van der Waals surface area contributed by atoms with E-state index < -0.39 is 0 Å². The molecule has 0 radical (unpaired) electrons. The second-order valence-corrected chi connectivity index (χ2v) is 7.21. The van der Waals surface area contributed by atoms with Gasteiger partial charge in [0.1, 0.15) is 16.3 Å². The van der Waals surface area contributed by atoms with E-state index >= 15 is 0 Å². The molecule has 0 saturated carbocycles. The van der Waals surface area contributed by atoms with Gasteiger partial charge in [0.25, 0.3) is 5.91 Å². The van der Waals surface area contributed by atoms with Crippen molar-refractivity contribution in [3.8, 4) is 0 Å². The molecule has 0 atom stereocenters. The Balaban J connectivity index is 1.61. The molecule has 0 saturated heterocycles. The molecule has 1 amide bonds. The van der Waals surface area contributed by atoms with E-state index in [0.717, 1.165) is 11.0 Å². The van der Waals surface area contributed by atoms with Crippen molar-refractivity contribution in [2.24, 2.45) is 0 Å². The molecule has 2 aromatic carbocycles. The molecule has 8 nitrogen and oxygen atoms in total. The van der Waals surface area contributed by atoms with Gasteiger partial charge in [-0.15, -0.1) is 15.3 Å². The van der Waals surface area contributed by atoms with Gasteiger partial charge in [0, 0.05) is 5.56 Å². The Hall–Kier alpha value is -3.46. The largest absolute Gasteiger partial charge is 0.298 e. The van der Waals surface area contributed by atoms with E-state index in [0.29, 0.717) is 22.2 Å². The van der Waals surface area contributed by atoms with E-state index in [9.17, 15) is 9.59 Å². The highest BCUT2D eigenvalue weighted by Gasteiger charge is 2.23. The van der Waals surface area contributed by atoms with Crippen LogP contribution in [-0.4, -0.2) is 43.4 Å². The summed E-state index contributed by atoms with van der Waals surface area (Å²) in [6.45, 7) is 1.76. The summed E-state index contributed by atoms with van der Waals surface area (Å²) in [5, 5.41) is 17.6. The summed E-state index contributed by atoms with van der Waals surface area (Å²) in [5.74, 6) is -0.423. The van der Waals surface area contributed by atoms with Crippen molar-refractivity contribution in [1.29, 1.82) is 0 Å². The third-order valence-corrected chi connectivity index (χ3v) is 4.97. The molecule has 0 N–H and O–H groups in total. The topological polar surface area (TPSA) is 93.9 Å². The highest BCUT2D eigenvalue weighted by molar-refractivity contribution is 7.15. The maximum atomic E-state index is 12.9. The molecule has 140 valence electrons. The Kier molecular flexibility index (Phi) is 4.90. The van der Waals surface area contributed by atoms with Crippen molar-refractivity contribution in [3.05, 3.63) is 65.2 Å². The number of amides is 1. The number of hydrogen-bond acceptors (Lipinski definition) is 7. The lowest BCUT2D eigenvalue weighted by Gasteiger charge is -2.17. The summed E-state index contributed by atoms with van der Waals surface area (Å²) in [7, 11) is 0. The van der Waals surface area contributed by atoms with Gasteiger partial charge in [-0.1, -0.05) is 46.9 Å². The van der Waals surface area contributed by atoms with Gasteiger partial charge in [0.2, 0.25) is 5.13 Å². The molecule has 0 aliphatic heterocycles. The van der Waals surface area contributed by atoms with Gasteiger partial charge in [0.15, 0.2) is 0 Å². The number of ketones is 1. The van der Waals surface area contributed by atoms with Crippen molar-refractivity contribution < 1.29 is 9.59 Å². The molecule has 0 spiro atoms. The zero-order chi connectivity index (χ0) is 19.5. The van der Waals surface area contributed by atoms with Crippen molar-refractivity contribution in [2.75, 3.05) is 11.4 Å². The molecule has 0 unspecified atom stereocenters. The zero-order valence-corrected chi connectivity index (χ0v) is 15.8. The van der Waals surface area contributed by atoms with Crippen LogP contribution in [0.2, 0.25) is 0 Å².